The fourth-order valence-electron chi connectivity index (χ4n) is 3.13. The van der Waals surface area contributed by atoms with Crippen LogP contribution >= 0.6 is 0 Å². The first kappa shape index (κ1) is 16.9. The van der Waals surface area contributed by atoms with E-state index >= 15 is 0 Å². The number of oxazole rings is 1. The maximum absolute atomic E-state index is 12.4. The number of hydrogen-bond acceptors (Lipinski definition) is 7. The quantitative estimate of drug-likeness (QED) is 0.692. The van der Waals surface area contributed by atoms with Crippen molar-refractivity contribution in [2.45, 2.75) is 25.0 Å². The molecule has 1 aliphatic rings. The molecule has 2 atom stereocenters. The first-order chi connectivity index (χ1) is 13.2. The molecule has 0 radical (unpaired) electrons. The average Bonchev–Trinajstić information content (AvgIpc) is 3.44. The molecule has 1 aromatic carbocycles. The lowest BCUT2D eigenvalue weighted by Gasteiger charge is -2.11. The monoisotopic (exact) mass is 363 g/mol. The Morgan fingerprint density at radius 2 is 2.41 bits per heavy atom. The molecule has 0 unspecified atom stereocenters. The Morgan fingerprint density at radius 3 is 3.22 bits per heavy atom. The largest absolute Gasteiger partial charge is 0.432 e. The third kappa shape index (κ3) is 3.86. The van der Waals surface area contributed by atoms with Crippen molar-refractivity contribution >= 4 is 5.91 Å². The summed E-state index contributed by atoms with van der Waals surface area (Å²) >= 11 is 0. The number of carbonyl (C=O) groups excluding carboxylic acids is 1. The molecule has 27 heavy (non-hydrogen) atoms. The summed E-state index contributed by atoms with van der Waals surface area (Å²) in [6.07, 6.45) is 5.72. The zero-order valence-corrected chi connectivity index (χ0v) is 14.4. The summed E-state index contributed by atoms with van der Waals surface area (Å²) in [6.45, 7) is 1.37. The summed E-state index contributed by atoms with van der Waals surface area (Å²) < 4.78 is 7.34. The van der Waals surface area contributed by atoms with E-state index in [1.807, 2.05) is 6.20 Å². The van der Waals surface area contributed by atoms with Crippen LogP contribution in [0.5, 0.6) is 0 Å². The number of amides is 1. The second kappa shape index (κ2) is 7.39. The predicted molar refractivity (Wildman–Crippen MR) is 94.3 cm³/mol. The van der Waals surface area contributed by atoms with Crippen LogP contribution in [0.25, 0.3) is 11.3 Å². The lowest BCUT2D eigenvalue weighted by molar-refractivity contribution is 0.0905. The Hall–Kier alpha value is -3.51. The normalized spacial score (nSPS) is 18.9. The van der Waals surface area contributed by atoms with Crippen LogP contribution < -0.4 is 10.6 Å². The van der Waals surface area contributed by atoms with Crippen molar-refractivity contribution in [3.63, 3.8) is 0 Å². The zero-order chi connectivity index (χ0) is 18.6. The van der Waals surface area contributed by atoms with Crippen LogP contribution in [0.4, 0.5) is 0 Å². The summed E-state index contributed by atoms with van der Waals surface area (Å²) in [5, 5.41) is 23.0. The third-order valence-corrected chi connectivity index (χ3v) is 4.41. The van der Waals surface area contributed by atoms with Crippen LogP contribution in [0.2, 0.25) is 0 Å². The zero-order valence-electron chi connectivity index (χ0n) is 14.4. The molecule has 3 heterocycles. The van der Waals surface area contributed by atoms with E-state index < -0.39 is 0 Å². The molecule has 1 amide bonds. The fraction of sp³-hybridized carbons (Fsp3) is 0.278. The Kier molecular flexibility index (Phi) is 4.63. The highest BCUT2D eigenvalue weighted by Crippen LogP contribution is 2.21. The van der Waals surface area contributed by atoms with Crippen molar-refractivity contribution in [2.24, 2.45) is 0 Å². The van der Waals surface area contributed by atoms with Crippen molar-refractivity contribution in [3.8, 4) is 17.4 Å². The summed E-state index contributed by atoms with van der Waals surface area (Å²) in [5.74, 6) is 0.101. The minimum atomic E-state index is -0.356. The Balaban J connectivity index is 1.36. The van der Waals surface area contributed by atoms with Crippen molar-refractivity contribution in [2.75, 3.05) is 6.54 Å². The van der Waals surface area contributed by atoms with Crippen molar-refractivity contribution in [3.05, 3.63) is 54.3 Å². The summed E-state index contributed by atoms with van der Waals surface area (Å²) in [5.41, 5.74) is 1.22. The first-order valence-electron chi connectivity index (χ1n) is 8.56. The van der Waals surface area contributed by atoms with Crippen molar-refractivity contribution in [1.29, 1.82) is 5.26 Å². The molecule has 0 saturated carbocycles. The van der Waals surface area contributed by atoms with Crippen molar-refractivity contribution in [1.82, 2.24) is 30.6 Å². The van der Waals surface area contributed by atoms with Gasteiger partial charge in [-0.15, -0.1) is 5.10 Å². The number of rotatable bonds is 5. The van der Waals surface area contributed by atoms with E-state index in [-0.39, 0.29) is 23.9 Å². The van der Waals surface area contributed by atoms with E-state index in [2.05, 4.69) is 32.0 Å². The topological polar surface area (TPSA) is 122 Å². The van der Waals surface area contributed by atoms with Gasteiger partial charge in [-0.2, -0.15) is 5.26 Å². The van der Waals surface area contributed by atoms with Gasteiger partial charge in [0.15, 0.2) is 5.76 Å². The highest BCUT2D eigenvalue weighted by molar-refractivity contribution is 5.90. The summed E-state index contributed by atoms with van der Waals surface area (Å²) in [6, 6.07) is 9.24. The maximum Gasteiger partial charge on any atom is 0.307 e. The highest BCUT2D eigenvalue weighted by Gasteiger charge is 2.27. The van der Waals surface area contributed by atoms with Gasteiger partial charge in [-0.1, -0.05) is 17.3 Å². The number of carbonyl (C=O) groups is 1. The molecular weight excluding hydrogens is 346 g/mol. The van der Waals surface area contributed by atoms with Gasteiger partial charge in [0.25, 0.3) is 5.89 Å². The van der Waals surface area contributed by atoms with Crippen LogP contribution in [0, 0.1) is 11.3 Å². The van der Waals surface area contributed by atoms with Gasteiger partial charge in [-0.3, -0.25) is 9.48 Å². The third-order valence-electron chi connectivity index (χ3n) is 4.41. The SMILES string of the molecule is N#Cc1cccc(-c2cnc(C(=O)N[C@H]3CN[C@H](Cn4ccnn4)C3)o2)c1. The predicted octanol–water partition coefficient (Wildman–Crippen LogP) is 0.965. The van der Waals surface area contributed by atoms with Gasteiger partial charge in [-0.05, 0) is 18.6 Å². The van der Waals surface area contributed by atoms with Crippen molar-refractivity contribution < 1.29 is 9.21 Å². The summed E-state index contributed by atoms with van der Waals surface area (Å²) in [4.78, 5) is 16.5. The molecule has 4 rings (SSSR count). The highest BCUT2D eigenvalue weighted by atomic mass is 16.4. The Labute approximate surface area is 155 Å². The van der Waals surface area contributed by atoms with Crippen LogP contribution in [0.3, 0.4) is 0 Å². The molecule has 0 aliphatic carbocycles. The van der Waals surface area contributed by atoms with E-state index in [0.717, 1.165) is 6.42 Å². The standard InChI is InChI=1S/C18H17N7O2/c19-8-12-2-1-3-13(6-12)16-10-21-18(27-16)17(26)23-14-7-15(20-9-14)11-25-5-4-22-24-25/h1-6,10,14-15,20H,7,9,11H2,(H,23,26)/t14-,15+/m1/s1. The van der Waals surface area contributed by atoms with Gasteiger partial charge >= 0.3 is 5.91 Å². The second-order valence-electron chi connectivity index (χ2n) is 6.36. The molecule has 0 bridgehead atoms. The molecule has 2 aromatic heterocycles. The Bertz CT molecular complexity index is 974. The summed E-state index contributed by atoms with van der Waals surface area (Å²) in [7, 11) is 0. The smallest absolute Gasteiger partial charge is 0.307 e. The lowest BCUT2D eigenvalue weighted by Crippen LogP contribution is -2.36. The number of nitrogens with zero attached hydrogens (tertiary/aromatic N) is 5. The number of hydrogen-bond donors (Lipinski definition) is 2. The van der Waals surface area contributed by atoms with E-state index in [1.54, 1.807) is 35.1 Å². The van der Waals surface area contributed by atoms with E-state index in [4.69, 9.17) is 9.68 Å². The van der Waals surface area contributed by atoms with E-state index in [0.29, 0.717) is 30.0 Å². The molecule has 1 fully saturated rings. The minimum absolute atomic E-state index is 0.00656. The van der Waals surface area contributed by atoms with Gasteiger partial charge < -0.3 is 15.1 Å². The number of aromatic nitrogens is 4. The molecule has 9 nitrogen and oxygen atoms in total. The van der Waals surface area contributed by atoms with Crippen LogP contribution in [-0.4, -0.2) is 44.5 Å². The number of benzene rings is 1. The first-order valence-corrected chi connectivity index (χ1v) is 8.56. The maximum atomic E-state index is 12.4. The average molecular weight is 363 g/mol. The van der Waals surface area contributed by atoms with Gasteiger partial charge in [0.2, 0.25) is 0 Å². The molecule has 136 valence electrons. The van der Waals surface area contributed by atoms with Gasteiger partial charge in [-0.25, -0.2) is 4.98 Å². The van der Waals surface area contributed by atoms with Gasteiger partial charge in [0.1, 0.15) is 0 Å². The minimum Gasteiger partial charge on any atom is -0.432 e. The number of nitrogens with one attached hydrogen (secondary N) is 2. The number of nitriles is 1. The van der Waals surface area contributed by atoms with Crippen LogP contribution in [-0.2, 0) is 6.54 Å². The molecule has 9 heteroatoms. The van der Waals surface area contributed by atoms with Crippen LogP contribution in [0.15, 0.2) is 47.3 Å². The van der Waals surface area contributed by atoms with Gasteiger partial charge in [0, 0.05) is 30.4 Å². The van der Waals surface area contributed by atoms with E-state index in [1.165, 1.54) is 6.20 Å². The molecule has 3 aromatic rings. The van der Waals surface area contributed by atoms with E-state index in [9.17, 15) is 4.79 Å². The Morgan fingerprint density at radius 1 is 1.48 bits per heavy atom. The molecular formula is C18H17N7O2. The second-order valence-corrected chi connectivity index (χ2v) is 6.36. The fourth-order valence-corrected chi connectivity index (χ4v) is 3.13. The van der Waals surface area contributed by atoms with Gasteiger partial charge in [0.05, 0.1) is 30.6 Å². The molecule has 0 spiro atoms. The van der Waals surface area contributed by atoms with Crippen LogP contribution in [0.1, 0.15) is 22.7 Å². The molecule has 2 N–H and O–H groups in total. The lowest BCUT2D eigenvalue weighted by atomic mass is 10.1. The molecule has 1 aliphatic heterocycles. The molecule has 1 saturated heterocycles.